The smallest absolute Gasteiger partial charge is 0.242 e. The highest BCUT2D eigenvalue weighted by atomic mass is 16.5. The van der Waals surface area contributed by atoms with Crippen LogP contribution in [-0.4, -0.2) is 37.1 Å². The standard InChI is InChI=1S/C22H28N2O3/c1-15(2)21(22(26)23-14-18-10-6-12-27-18)24-20(25)13-17-9-5-8-16-7-3-4-11-19(16)17/h3-5,7-9,11,15,18,21H,6,10,12-14H2,1-2H3,(H,23,26)(H,24,25)/t18-,21+/m0/s1. The first-order valence-corrected chi connectivity index (χ1v) is 9.70. The van der Waals surface area contributed by atoms with Crippen molar-refractivity contribution in [3.8, 4) is 0 Å². The second-order valence-corrected chi connectivity index (χ2v) is 7.48. The van der Waals surface area contributed by atoms with Crippen LogP contribution >= 0.6 is 0 Å². The molecule has 0 aliphatic carbocycles. The van der Waals surface area contributed by atoms with E-state index in [1.807, 2.05) is 56.3 Å². The fourth-order valence-corrected chi connectivity index (χ4v) is 3.51. The summed E-state index contributed by atoms with van der Waals surface area (Å²) < 4.78 is 5.54. The molecule has 0 unspecified atom stereocenters. The average Bonchev–Trinajstić information content (AvgIpc) is 3.18. The molecule has 1 aliphatic heterocycles. The molecule has 1 saturated heterocycles. The van der Waals surface area contributed by atoms with Crippen molar-refractivity contribution in [2.45, 2.75) is 45.3 Å². The lowest BCUT2D eigenvalue weighted by molar-refractivity contribution is -0.130. The first kappa shape index (κ1) is 19.4. The molecular formula is C22H28N2O3. The number of benzene rings is 2. The van der Waals surface area contributed by atoms with Crippen LogP contribution in [0, 0.1) is 5.92 Å². The van der Waals surface area contributed by atoms with Crippen LogP contribution in [0.15, 0.2) is 42.5 Å². The Bertz CT molecular complexity index is 792. The Hall–Kier alpha value is -2.40. The number of hydrogen-bond acceptors (Lipinski definition) is 3. The zero-order valence-electron chi connectivity index (χ0n) is 16.0. The number of amides is 2. The lowest BCUT2D eigenvalue weighted by Gasteiger charge is -2.23. The molecule has 5 heteroatoms. The molecule has 2 aromatic carbocycles. The summed E-state index contributed by atoms with van der Waals surface area (Å²) in [6, 6.07) is 13.4. The molecule has 0 spiro atoms. The van der Waals surface area contributed by atoms with Crippen molar-refractivity contribution in [3.63, 3.8) is 0 Å². The molecule has 0 bridgehead atoms. The molecule has 5 nitrogen and oxygen atoms in total. The lowest BCUT2D eigenvalue weighted by Crippen LogP contribution is -2.51. The third kappa shape index (κ3) is 5.07. The molecule has 27 heavy (non-hydrogen) atoms. The van der Waals surface area contributed by atoms with Crippen LogP contribution in [0.2, 0.25) is 0 Å². The number of carbonyl (C=O) groups excluding carboxylic acids is 2. The highest BCUT2D eigenvalue weighted by Gasteiger charge is 2.25. The number of nitrogens with one attached hydrogen (secondary N) is 2. The molecule has 3 rings (SSSR count). The zero-order valence-corrected chi connectivity index (χ0v) is 16.0. The monoisotopic (exact) mass is 368 g/mol. The Morgan fingerprint density at radius 1 is 1.15 bits per heavy atom. The summed E-state index contributed by atoms with van der Waals surface area (Å²) in [6.07, 6.45) is 2.35. The Labute approximate surface area is 160 Å². The van der Waals surface area contributed by atoms with Crippen LogP contribution < -0.4 is 10.6 Å². The van der Waals surface area contributed by atoms with Gasteiger partial charge in [-0.3, -0.25) is 9.59 Å². The molecule has 2 amide bonds. The van der Waals surface area contributed by atoms with Gasteiger partial charge in [-0.2, -0.15) is 0 Å². The van der Waals surface area contributed by atoms with Crippen molar-refractivity contribution in [1.82, 2.24) is 10.6 Å². The molecule has 1 fully saturated rings. The molecule has 2 N–H and O–H groups in total. The zero-order chi connectivity index (χ0) is 19.2. The van der Waals surface area contributed by atoms with Crippen LogP contribution in [0.3, 0.4) is 0 Å². The number of hydrogen-bond donors (Lipinski definition) is 2. The number of ether oxygens (including phenoxy) is 1. The van der Waals surface area contributed by atoms with Crippen LogP contribution in [0.4, 0.5) is 0 Å². The van der Waals surface area contributed by atoms with Gasteiger partial charge in [0, 0.05) is 13.2 Å². The molecule has 0 saturated carbocycles. The Morgan fingerprint density at radius 2 is 1.93 bits per heavy atom. The molecule has 144 valence electrons. The first-order chi connectivity index (χ1) is 13.0. The van der Waals surface area contributed by atoms with Gasteiger partial charge >= 0.3 is 0 Å². The van der Waals surface area contributed by atoms with E-state index < -0.39 is 6.04 Å². The van der Waals surface area contributed by atoms with Gasteiger partial charge in [0.05, 0.1) is 12.5 Å². The van der Waals surface area contributed by atoms with Crippen LogP contribution in [0.1, 0.15) is 32.3 Å². The minimum atomic E-state index is -0.547. The third-order valence-corrected chi connectivity index (χ3v) is 5.02. The maximum absolute atomic E-state index is 12.6. The predicted octanol–water partition coefficient (Wildman–Crippen LogP) is 2.82. The van der Waals surface area contributed by atoms with Gasteiger partial charge in [0.1, 0.15) is 6.04 Å². The van der Waals surface area contributed by atoms with E-state index in [0.717, 1.165) is 35.8 Å². The van der Waals surface area contributed by atoms with E-state index in [1.165, 1.54) is 0 Å². The first-order valence-electron chi connectivity index (χ1n) is 9.70. The summed E-state index contributed by atoms with van der Waals surface area (Å²) in [7, 11) is 0. The second kappa shape index (κ2) is 9.00. The van der Waals surface area contributed by atoms with Gasteiger partial charge in [-0.25, -0.2) is 0 Å². The molecule has 1 heterocycles. The van der Waals surface area contributed by atoms with Crippen molar-refractivity contribution in [2.24, 2.45) is 5.92 Å². The SMILES string of the molecule is CC(C)[C@@H](NC(=O)Cc1cccc2ccccc12)C(=O)NC[C@@H]1CCCO1. The molecule has 0 radical (unpaired) electrons. The van der Waals surface area contributed by atoms with E-state index in [1.54, 1.807) is 0 Å². The van der Waals surface area contributed by atoms with Gasteiger partial charge in [0.25, 0.3) is 0 Å². The Morgan fingerprint density at radius 3 is 2.67 bits per heavy atom. The average molecular weight is 368 g/mol. The van der Waals surface area contributed by atoms with Crippen molar-refractivity contribution < 1.29 is 14.3 Å². The van der Waals surface area contributed by atoms with Crippen molar-refractivity contribution in [2.75, 3.05) is 13.2 Å². The van der Waals surface area contributed by atoms with E-state index in [0.29, 0.717) is 6.54 Å². The summed E-state index contributed by atoms with van der Waals surface area (Å²) in [5.41, 5.74) is 0.966. The minimum absolute atomic E-state index is 0.00552. The van der Waals surface area contributed by atoms with Crippen LogP contribution in [0.25, 0.3) is 10.8 Å². The predicted molar refractivity (Wildman–Crippen MR) is 106 cm³/mol. The number of rotatable bonds is 7. The second-order valence-electron chi connectivity index (χ2n) is 7.48. The topological polar surface area (TPSA) is 67.4 Å². The Kier molecular flexibility index (Phi) is 6.45. The molecule has 2 aromatic rings. The maximum atomic E-state index is 12.6. The molecular weight excluding hydrogens is 340 g/mol. The van der Waals surface area contributed by atoms with Crippen molar-refractivity contribution in [3.05, 3.63) is 48.0 Å². The van der Waals surface area contributed by atoms with E-state index in [-0.39, 0.29) is 30.3 Å². The summed E-state index contributed by atoms with van der Waals surface area (Å²) in [6.45, 7) is 5.14. The number of carbonyl (C=O) groups is 2. The van der Waals surface area contributed by atoms with Gasteiger partial charge in [0.2, 0.25) is 11.8 Å². The van der Waals surface area contributed by atoms with E-state index >= 15 is 0 Å². The summed E-state index contributed by atoms with van der Waals surface area (Å²) in [4.78, 5) is 25.2. The van der Waals surface area contributed by atoms with Gasteiger partial charge in [-0.15, -0.1) is 0 Å². The molecule has 1 aliphatic rings. The highest BCUT2D eigenvalue weighted by molar-refractivity contribution is 5.92. The van der Waals surface area contributed by atoms with Gasteiger partial charge < -0.3 is 15.4 Å². The molecule has 2 atom stereocenters. The summed E-state index contributed by atoms with van der Waals surface area (Å²) >= 11 is 0. The summed E-state index contributed by atoms with van der Waals surface area (Å²) in [5.74, 6) is -0.282. The third-order valence-electron chi connectivity index (χ3n) is 5.02. The van der Waals surface area contributed by atoms with Crippen molar-refractivity contribution in [1.29, 1.82) is 0 Å². The van der Waals surface area contributed by atoms with Gasteiger partial charge in [-0.05, 0) is 35.1 Å². The van der Waals surface area contributed by atoms with E-state index in [2.05, 4.69) is 10.6 Å². The lowest BCUT2D eigenvalue weighted by atomic mass is 10.00. The van der Waals surface area contributed by atoms with Crippen molar-refractivity contribution >= 4 is 22.6 Å². The van der Waals surface area contributed by atoms with E-state index in [9.17, 15) is 9.59 Å². The normalized spacial score (nSPS) is 17.8. The fraction of sp³-hybridized carbons (Fsp3) is 0.455. The number of fused-ring (bicyclic) bond motifs is 1. The highest BCUT2D eigenvalue weighted by Crippen LogP contribution is 2.19. The van der Waals surface area contributed by atoms with Gasteiger partial charge in [-0.1, -0.05) is 56.3 Å². The Balaban J connectivity index is 1.61. The maximum Gasteiger partial charge on any atom is 0.242 e. The largest absolute Gasteiger partial charge is 0.376 e. The van der Waals surface area contributed by atoms with Crippen LogP contribution in [-0.2, 0) is 20.7 Å². The summed E-state index contributed by atoms with van der Waals surface area (Å²) in [5, 5.41) is 8.02. The van der Waals surface area contributed by atoms with Crippen LogP contribution in [0.5, 0.6) is 0 Å². The quantitative estimate of drug-likeness (QED) is 0.790. The fourth-order valence-electron chi connectivity index (χ4n) is 3.51. The van der Waals surface area contributed by atoms with Gasteiger partial charge in [0.15, 0.2) is 0 Å². The van der Waals surface area contributed by atoms with E-state index in [4.69, 9.17) is 4.74 Å². The molecule has 0 aromatic heterocycles. The minimum Gasteiger partial charge on any atom is -0.376 e.